The van der Waals surface area contributed by atoms with Crippen molar-refractivity contribution in [1.82, 2.24) is 14.5 Å². The normalized spacial score (nSPS) is 12.7. The first-order valence-corrected chi connectivity index (χ1v) is 8.45. The Morgan fingerprint density at radius 3 is 2.68 bits per heavy atom. The molecule has 0 saturated carbocycles. The highest BCUT2D eigenvalue weighted by Gasteiger charge is 2.27. The zero-order valence-electron chi connectivity index (χ0n) is 13.9. The molecule has 2 aromatic carbocycles. The number of hydrogen-bond acceptors (Lipinski definition) is 3. The summed E-state index contributed by atoms with van der Waals surface area (Å²) in [6, 6.07) is 18.6. The lowest BCUT2D eigenvalue weighted by molar-refractivity contribution is 0.389. The Hall–Kier alpha value is -3.14. The zero-order chi connectivity index (χ0) is 16.8. The Balaban J connectivity index is 1.85. The Bertz CT molecular complexity index is 1080. The van der Waals surface area contributed by atoms with Gasteiger partial charge in [0.05, 0.1) is 18.3 Å². The topological polar surface area (TPSA) is 39.9 Å². The van der Waals surface area contributed by atoms with Crippen molar-refractivity contribution in [3.8, 4) is 22.8 Å². The second-order valence-corrected chi connectivity index (χ2v) is 6.24. The average Bonchev–Trinajstić information content (AvgIpc) is 3.07. The van der Waals surface area contributed by atoms with E-state index in [1.165, 1.54) is 5.56 Å². The van der Waals surface area contributed by atoms with Gasteiger partial charge in [-0.15, -0.1) is 0 Å². The number of rotatable bonds is 2. The number of hydrogen-bond donors (Lipinski definition) is 0. The molecule has 0 N–H and O–H groups in total. The van der Waals surface area contributed by atoms with Crippen molar-refractivity contribution in [1.29, 1.82) is 0 Å². The van der Waals surface area contributed by atoms with E-state index in [1.807, 2.05) is 30.5 Å². The molecule has 0 unspecified atom stereocenters. The van der Waals surface area contributed by atoms with Gasteiger partial charge in [-0.2, -0.15) is 0 Å². The first-order valence-electron chi connectivity index (χ1n) is 8.45. The van der Waals surface area contributed by atoms with Gasteiger partial charge in [0, 0.05) is 23.6 Å². The average molecular weight is 327 g/mol. The minimum absolute atomic E-state index is 0.778. The summed E-state index contributed by atoms with van der Waals surface area (Å²) in [7, 11) is 1.71. The summed E-state index contributed by atoms with van der Waals surface area (Å²) in [4.78, 5) is 9.55. The molecule has 0 amide bonds. The number of fused-ring (bicyclic) bond motifs is 5. The number of nitrogens with zero attached hydrogens (tertiary/aromatic N) is 3. The number of methoxy groups -OCH3 is 1. The third-order valence-electron chi connectivity index (χ3n) is 4.82. The van der Waals surface area contributed by atoms with Gasteiger partial charge < -0.3 is 4.74 Å². The molecule has 0 radical (unpaired) electrons. The van der Waals surface area contributed by atoms with Gasteiger partial charge in [-0.3, -0.25) is 9.55 Å². The van der Waals surface area contributed by atoms with Crippen LogP contribution in [-0.2, 0) is 12.8 Å². The monoisotopic (exact) mass is 327 g/mol. The van der Waals surface area contributed by atoms with Crippen molar-refractivity contribution in [2.24, 2.45) is 0 Å². The predicted octanol–water partition coefficient (Wildman–Crippen LogP) is 4.19. The SMILES string of the molecule is COc1c(-c2ccccc2)nc2n1-c1c(ccc3cccnc13)CC2. The van der Waals surface area contributed by atoms with E-state index in [0.29, 0.717) is 0 Å². The molecule has 0 atom stereocenters. The van der Waals surface area contributed by atoms with Gasteiger partial charge >= 0.3 is 0 Å². The van der Waals surface area contributed by atoms with Gasteiger partial charge in [0.15, 0.2) is 0 Å². The molecule has 4 aromatic rings. The first kappa shape index (κ1) is 14.2. The molecule has 5 rings (SSSR count). The van der Waals surface area contributed by atoms with Crippen LogP contribution in [0, 0.1) is 0 Å². The van der Waals surface area contributed by atoms with E-state index in [2.05, 4.69) is 39.9 Å². The number of imidazole rings is 1. The standard InChI is InChI=1S/C21H17N3O/c1-25-21-19(14-6-3-2-4-7-14)23-17-12-11-16-10-9-15-8-5-13-22-18(15)20(16)24(17)21/h2-10,13H,11-12H2,1H3. The molecule has 122 valence electrons. The van der Waals surface area contributed by atoms with Crippen molar-refractivity contribution in [2.45, 2.75) is 12.8 Å². The molecule has 4 heteroatoms. The van der Waals surface area contributed by atoms with Crippen LogP contribution >= 0.6 is 0 Å². The van der Waals surface area contributed by atoms with Gasteiger partial charge in [-0.25, -0.2) is 4.98 Å². The molecule has 1 aliphatic rings. The molecule has 4 nitrogen and oxygen atoms in total. The number of benzene rings is 2. The lowest BCUT2D eigenvalue weighted by atomic mass is 10.0. The van der Waals surface area contributed by atoms with Gasteiger partial charge in [-0.05, 0) is 18.1 Å². The summed E-state index contributed by atoms with van der Waals surface area (Å²) in [5.74, 6) is 1.81. The Kier molecular flexibility index (Phi) is 3.10. The lowest BCUT2D eigenvalue weighted by Crippen LogP contribution is -2.14. The van der Waals surface area contributed by atoms with Crippen LogP contribution in [0.2, 0.25) is 0 Å². The van der Waals surface area contributed by atoms with Crippen LogP contribution in [0.5, 0.6) is 5.88 Å². The van der Waals surface area contributed by atoms with Crippen molar-refractivity contribution in [2.75, 3.05) is 7.11 Å². The van der Waals surface area contributed by atoms with Crippen LogP contribution in [0.15, 0.2) is 60.8 Å². The number of aryl methyl sites for hydroxylation is 2. The van der Waals surface area contributed by atoms with Crippen LogP contribution in [-0.4, -0.2) is 21.6 Å². The van der Waals surface area contributed by atoms with Crippen LogP contribution in [0.1, 0.15) is 11.4 Å². The van der Waals surface area contributed by atoms with Gasteiger partial charge in [-0.1, -0.05) is 48.5 Å². The molecule has 2 aromatic heterocycles. The largest absolute Gasteiger partial charge is 0.480 e. The van der Waals surface area contributed by atoms with E-state index in [1.54, 1.807) is 7.11 Å². The van der Waals surface area contributed by atoms with Crippen LogP contribution in [0.3, 0.4) is 0 Å². The highest BCUT2D eigenvalue weighted by molar-refractivity contribution is 5.89. The van der Waals surface area contributed by atoms with Crippen LogP contribution < -0.4 is 4.74 Å². The lowest BCUT2D eigenvalue weighted by Gasteiger charge is -2.21. The van der Waals surface area contributed by atoms with E-state index >= 15 is 0 Å². The Labute approximate surface area is 145 Å². The van der Waals surface area contributed by atoms with Gasteiger partial charge in [0.2, 0.25) is 5.88 Å². The third-order valence-corrected chi connectivity index (χ3v) is 4.82. The molecular formula is C21H17N3O. The maximum absolute atomic E-state index is 5.82. The molecule has 0 fully saturated rings. The van der Waals surface area contributed by atoms with E-state index < -0.39 is 0 Å². The smallest absolute Gasteiger partial charge is 0.226 e. The van der Waals surface area contributed by atoms with Crippen molar-refractivity contribution < 1.29 is 4.74 Å². The Morgan fingerprint density at radius 2 is 1.84 bits per heavy atom. The van der Waals surface area contributed by atoms with Gasteiger partial charge in [0.1, 0.15) is 11.5 Å². The maximum atomic E-state index is 5.82. The molecule has 0 spiro atoms. The minimum atomic E-state index is 0.778. The second kappa shape index (κ2) is 5.45. The zero-order valence-corrected chi connectivity index (χ0v) is 13.9. The highest BCUT2D eigenvalue weighted by Crippen LogP contribution is 2.39. The first-order chi connectivity index (χ1) is 12.4. The number of ether oxygens (including phenoxy) is 1. The third kappa shape index (κ3) is 2.07. The number of pyridine rings is 1. The van der Waals surface area contributed by atoms with Crippen LogP contribution in [0.25, 0.3) is 27.8 Å². The van der Waals surface area contributed by atoms with E-state index in [9.17, 15) is 0 Å². The molecule has 3 heterocycles. The Morgan fingerprint density at radius 1 is 0.960 bits per heavy atom. The fraction of sp³-hybridized carbons (Fsp3) is 0.143. The van der Waals surface area contributed by atoms with E-state index in [-0.39, 0.29) is 0 Å². The summed E-state index contributed by atoms with van der Waals surface area (Å²) < 4.78 is 7.97. The summed E-state index contributed by atoms with van der Waals surface area (Å²) in [5, 5.41) is 1.13. The van der Waals surface area contributed by atoms with Crippen molar-refractivity contribution in [3.05, 3.63) is 72.2 Å². The number of aromatic nitrogens is 3. The second-order valence-electron chi connectivity index (χ2n) is 6.24. The van der Waals surface area contributed by atoms with Crippen molar-refractivity contribution >= 4 is 10.9 Å². The van der Waals surface area contributed by atoms with Crippen molar-refractivity contribution in [3.63, 3.8) is 0 Å². The maximum Gasteiger partial charge on any atom is 0.226 e. The van der Waals surface area contributed by atoms with E-state index in [0.717, 1.165) is 52.4 Å². The summed E-state index contributed by atoms with van der Waals surface area (Å²) in [5.41, 5.74) is 5.34. The molecule has 0 saturated heterocycles. The van der Waals surface area contributed by atoms with E-state index in [4.69, 9.17) is 9.72 Å². The molecule has 0 aliphatic carbocycles. The van der Waals surface area contributed by atoms with Gasteiger partial charge in [0.25, 0.3) is 0 Å². The highest BCUT2D eigenvalue weighted by atomic mass is 16.5. The molecule has 25 heavy (non-hydrogen) atoms. The summed E-state index contributed by atoms with van der Waals surface area (Å²) >= 11 is 0. The quantitative estimate of drug-likeness (QED) is 0.554. The summed E-state index contributed by atoms with van der Waals surface area (Å²) in [6.45, 7) is 0. The fourth-order valence-corrected chi connectivity index (χ4v) is 3.69. The predicted molar refractivity (Wildman–Crippen MR) is 98.3 cm³/mol. The molecular weight excluding hydrogens is 310 g/mol. The molecule has 0 bridgehead atoms. The minimum Gasteiger partial charge on any atom is -0.480 e. The van der Waals surface area contributed by atoms with Crippen LogP contribution in [0.4, 0.5) is 0 Å². The fourth-order valence-electron chi connectivity index (χ4n) is 3.69. The molecule has 1 aliphatic heterocycles. The summed E-state index contributed by atoms with van der Waals surface area (Å²) in [6.07, 6.45) is 3.71.